The average molecular weight is 332 g/mol. The van der Waals surface area contributed by atoms with Gasteiger partial charge in [0, 0.05) is 36.8 Å². The van der Waals surface area contributed by atoms with Crippen molar-refractivity contribution in [3.05, 3.63) is 18.0 Å². The molecule has 1 atom stereocenters. The van der Waals surface area contributed by atoms with Crippen molar-refractivity contribution in [3.8, 4) is 0 Å². The van der Waals surface area contributed by atoms with Crippen molar-refractivity contribution in [1.82, 2.24) is 8.87 Å². The zero-order valence-corrected chi connectivity index (χ0v) is 14.5. The Labute approximate surface area is 131 Å². The molecule has 1 N–H and O–H groups in total. The molecular formula is C14H24N2O3S2. The van der Waals surface area contributed by atoms with Crippen molar-refractivity contribution in [2.75, 3.05) is 19.1 Å². The highest BCUT2D eigenvalue weighted by atomic mass is 32.2. The smallest absolute Gasteiger partial charge is 0.244 e. The monoisotopic (exact) mass is 332 g/mol. The first-order valence-electron chi connectivity index (χ1n) is 7.24. The molecule has 5 nitrogen and oxygen atoms in total. The number of rotatable bonds is 8. The van der Waals surface area contributed by atoms with E-state index in [1.54, 1.807) is 31.1 Å². The predicted molar refractivity (Wildman–Crippen MR) is 86.0 cm³/mol. The van der Waals surface area contributed by atoms with Crippen molar-refractivity contribution in [2.45, 2.75) is 49.8 Å². The topological polar surface area (TPSA) is 62.5 Å². The number of aliphatic hydroxyl groups is 1. The Bertz CT molecular complexity index is 579. The molecular weight excluding hydrogens is 308 g/mol. The molecule has 1 aliphatic carbocycles. The molecule has 120 valence electrons. The highest BCUT2D eigenvalue weighted by Gasteiger charge is 2.31. The summed E-state index contributed by atoms with van der Waals surface area (Å²) in [5, 5.41) is 9.42. The average Bonchev–Trinajstić information content (AvgIpc) is 3.22. The Morgan fingerprint density at radius 2 is 2.19 bits per heavy atom. The van der Waals surface area contributed by atoms with Gasteiger partial charge in [-0.1, -0.05) is 6.92 Å². The van der Waals surface area contributed by atoms with E-state index >= 15 is 0 Å². The quantitative estimate of drug-likeness (QED) is 0.792. The van der Waals surface area contributed by atoms with Crippen LogP contribution in [0.1, 0.15) is 37.9 Å². The van der Waals surface area contributed by atoms with Crippen molar-refractivity contribution in [2.24, 2.45) is 0 Å². The summed E-state index contributed by atoms with van der Waals surface area (Å²) in [4.78, 5) is 0.292. The van der Waals surface area contributed by atoms with Crippen LogP contribution in [0.4, 0.5) is 0 Å². The molecule has 1 saturated carbocycles. The molecule has 0 aliphatic heterocycles. The molecule has 0 radical (unpaired) electrons. The molecule has 2 rings (SSSR count). The fourth-order valence-corrected chi connectivity index (χ4v) is 4.91. The zero-order chi connectivity index (χ0) is 15.6. The third-order valence-corrected chi connectivity index (χ3v) is 6.62. The molecule has 7 heteroatoms. The van der Waals surface area contributed by atoms with Crippen LogP contribution in [0.3, 0.4) is 0 Å². The molecule has 0 amide bonds. The predicted octanol–water partition coefficient (Wildman–Crippen LogP) is 2.08. The lowest BCUT2D eigenvalue weighted by atomic mass is 10.3. The van der Waals surface area contributed by atoms with Gasteiger partial charge in [-0.15, -0.1) is 0 Å². The van der Waals surface area contributed by atoms with Crippen LogP contribution in [-0.2, 0) is 16.6 Å². The Hall–Kier alpha value is -0.500. The molecule has 1 aromatic heterocycles. The van der Waals surface area contributed by atoms with Crippen LogP contribution in [0.5, 0.6) is 0 Å². The molecule has 0 spiro atoms. The van der Waals surface area contributed by atoms with Gasteiger partial charge in [0.05, 0.1) is 6.61 Å². The van der Waals surface area contributed by atoms with Crippen LogP contribution < -0.4 is 0 Å². The van der Waals surface area contributed by atoms with E-state index in [0.29, 0.717) is 16.6 Å². The Kier molecular flexibility index (Phi) is 5.40. The Morgan fingerprint density at radius 1 is 1.52 bits per heavy atom. The van der Waals surface area contributed by atoms with E-state index in [-0.39, 0.29) is 12.6 Å². The summed E-state index contributed by atoms with van der Waals surface area (Å²) in [6.45, 7) is 1.87. The lowest BCUT2D eigenvalue weighted by molar-refractivity contribution is 0.270. The first-order valence-corrected chi connectivity index (χ1v) is 10.1. The van der Waals surface area contributed by atoms with Crippen LogP contribution in [0.2, 0.25) is 0 Å². The fourth-order valence-electron chi connectivity index (χ4n) is 2.49. The highest BCUT2D eigenvalue weighted by molar-refractivity contribution is 7.98. The molecule has 0 saturated heterocycles. The number of aliphatic hydroxyl groups excluding tert-OH is 1. The summed E-state index contributed by atoms with van der Waals surface area (Å²) < 4.78 is 28.9. The van der Waals surface area contributed by atoms with Crippen LogP contribution in [0, 0.1) is 0 Å². The molecule has 0 aromatic carbocycles. The lowest BCUT2D eigenvalue weighted by Gasteiger charge is -2.25. The van der Waals surface area contributed by atoms with Gasteiger partial charge in [-0.3, -0.25) is 0 Å². The van der Waals surface area contributed by atoms with Crippen molar-refractivity contribution in [1.29, 1.82) is 0 Å². The lowest BCUT2D eigenvalue weighted by Crippen LogP contribution is -2.38. The van der Waals surface area contributed by atoms with Gasteiger partial charge < -0.3 is 9.67 Å². The summed E-state index contributed by atoms with van der Waals surface area (Å²) in [5.41, 5.74) is 0.683. The normalized spacial score (nSPS) is 17.4. The summed E-state index contributed by atoms with van der Waals surface area (Å²) in [7, 11) is -1.86. The SMILES string of the molecule is CCC(CSC)N(C)S(=O)(=O)c1cc(CO)n(C2CC2)c1. The van der Waals surface area contributed by atoms with Gasteiger partial charge in [0.15, 0.2) is 0 Å². The standard InChI is InChI=1S/C14H24N2O3S2/c1-4-11(10-20-3)15(2)21(18,19)14-7-13(9-17)16(8-14)12-5-6-12/h7-8,11-12,17H,4-6,9-10H2,1-3H3. The fraction of sp³-hybridized carbons (Fsp3) is 0.714. The van der Waals surface area contributed by atoms with Crippen molar-refractivity contribution in [3.63, 3.8) is 0 Å². The molecule has 1 heterocycles. The molecule has 1 aromatic rings. The Morgan fingerprint density at radius 3 is 2.67 bits per heavy atom. The minimum atomic E-state index is -3.50. The highest BCUT2D eigenvalue weighted by Crippen LogP contribution is 2.37. The van der Waals surface area contributed by atoms with Gasteiger partial charge >= 0.3 is 0 Å². The number of thioether (sulfide) groups is 1. The summed E-state index contributed by atoms with van der Waals surface area (Å²) >= 11 is 1.65. The Balaban J connectivity index is 2.30. The third kappa shape index (κ3) is 3.47. The van der Waals surface area contributed by atoms with Crippen molar-refractivity contribution >= 4 is 21.8 Å². The van der Waals surface area contributed by atoms with Crippen molar-refractivity contribution < 1.29 is 13.5 Å². The molecule has 1 aliphatic rings. The maximum absolute atomic E-state index is 12.8. The van der Waals surface area contributed by atoms with E-state index in [1.165, 1.54) is 4.31 Å². The van der Waals surface area contributed by atoms with Gasteiger partial charge in [-0.2, -0.15) is 16.1 Å². The second-order valence-electron chi connectivity index (χ2n) is 5.50. The van der Waals surface area contributed by atoms with Gasteiger partial charge in [-0.05, 0) is 31.6 Å². The summed E-state index contributed by atoms with van der Waals surface area (Å²) in [6.07, 6.45) is 6.56. The summed E-state index contributed by atoms with van der Waals surface area (Å²) in [6, 6.07) is 1.96. The maximum Gasteiger partial charge on any atom is 0.244 e. The van der Waals surface area contributed by atoms with E-state index in [1.807, 2.05) is 17.7 Å². The van der Waals surface area contributed by atoms with E-state index in [2.05, 4.69) is 0 Å². The van der Waals surface area contributed by atoms with Crippen LogP contribution >= 0.6 is 11.8 Å². The third-order valence-electron chi connectivity index (χ3n) is 4.03. The van der Waals surface area contributed by atoms with Crippen LogP contribution in [0.25, 0.3) is 0 Å². The van der Waals surface area contributed by atoms with Gasteiger partial charge in [0.25, 0.3) is 0 Å². The second-order valence-corrected chi connectivity index (χ2v) is 8.41. The number of nitrogens with zero attached hydrogens (tertiary/aromatic N) is 2. The van der Waals surface area contributed by atoms with E-state index in [9.17, 15) is 13.5 Å². The van der Waals surface area contributed by atoms with E-state index in [0.717, 1.165) is 25.0 Å². The molecule has 0 bridgehead atoms. The van der Waals surface area contributed by atoms with E-state index in [4.69, 9.17) is 0 Å². The van der Waals surface area contributed by atoms with Gasteiger partial charge in [-0.25, -0.2) is 8.42 Å². The first-order chi connectivity index (χ1) is 9.95. The van der Waals surface area contributed by atoms with Gasteiger partial charge in [0.2, 0.25) is 10.0 Å². The zero-order valence-electron chi connectivity index (χ0n) is 12.8. The maximum atomic E-state index is 12.8. The van der Waals surface area contributed by atoms with Crippen LogP contribution in [-0.4, -0.2) is 47.5 Å². The second kappa shape index (κ2) is 6.73. The minimum absolute atomic E-state index is 0.00754. The minimum Gasteiger partial charge on any atom is -0.390 e. The first kappa shape index (κ1) is 16.9. The molecule has 21 heavy (non-hydrogen) atoms. The molecule has 1 unspecified atom stereocenters. The number of aromatic nitrogens is 1. The van der Waals surface area contributed by atoms with E-state index < -0.39 is 10.0 Å². The number of sulfonamides is 1. The number of hydrogen-bond donors (Lipinski definition) is 1. The number of hydrogen-bond acceptors (Lipinski definition) is 4. The largest absolute Gasteiger partial charge is 0.390 e. The molecule has 1 fully saturated rings. The van der Waals surface area contributed by atoms with Gasteiger partial charge in [0.1, 0.15) is 4.90 Å². The summed E-state index contributed by atoms with van der Waals surface area (Å²) in [5.74, 6) is 0.780. The van der Waals surface area contributed by atoms with Crippen LogP contribution in [0.15, 0.2) is 17.2 Å².